The summed E-state index contributed by atoms with van der Waals surface area (Å²) in [6.45, 7) is 0.891. The lowest BCUT2D eigenvalue weighted by Crippen LogP contribution is -1.96. The second kappa shape index (κ2) is 7.09. The van der Waals surface area contributed by atoms with Gasteiger partial charge in [-0.15, -0.1) is 0 Å². The number of ether oxygens (including phenoxy) is 1. The molecule has 2 aromatic carbocycles. The standard InChI is InChI=1S/C14H10Br2Cl2O/c15-11-1-3-13(17)9(5-11)7-19-8-10-6-12(16)2-4-14(10)18/h1-6H,7-8H2. The molecule has 0 amide bonds. The quantitative estimate of drug-likeness (QED) is 0.564. The van der Waals surface area contributed by atoms with Crippen molar-refractivity contribution in [1.82, 2.24) is 0 Å². The second-order valence-corrected chi connectivity index (χ2v) is 6.61. The molecule has 2 aromatic rings. The third-order valence-electron chi connectivity index (χ3n) is 2.53. The van der Waals surface area contributed by atoms with Gasteiger partial charge < -0.3 is 4.74 Å². The minimum absolute atomic E-state index is 0.446. The molecular formula is C14H10Br2Cl2O. The molecule has 1 nitrogen and oxygen atoms in total. The fourth-order valence-corrected chi connectivity index (χ4v) is 2.74. The van der Waals surface area contributed by atoms with E-state index in [1.165, 1.54) is 0 Å². The average molecular weight is 425 g/mol. The van der Waals surface area contributed by atoms with Crippen molar-refractivity contribution in [2.45, 2.75) is 13.2 Å². The summed E-state index contributed by atoms with van der Waals surface area (Å²) in [7, 11) is 0. The van der Waals surface area contributed by atoms with Crippen LogP contribution in [0.3, 0.4) is 0 Å². The first-order valence-corrected chi connectivity index (χ1v) is 7.86. The van der Waals surface area contributed by atoms with Gasteiger partial charge in [-0.2, -0.15) is 0 Å². The van der Waals surface area contributed by atoms with Crippen molar-refractivity contribution in [1.29, 1.82) is 0 Å². The Morgan fingerprint density at radius 2 is 1.21 bits per heavy atom. The first-order chi connectivity index (χ1) is 9.06. The Bertz CT molecular complexity index is 536. The second-order valence-electron chi connectivity index (χ2n) is 3.96. The molecule has 19 heavy (non-hydrogen) atoms. The molecule has 0 saturated heterocycles. The molecule has 0 N–H and O–H groups in total. The zero-order valence-corrected chi connectivity index (χ0v) is 14.5. The first-order valence-electron chi connectivity index (χ1n) is 5.52. The highest BCUT2D eigenvalue weighted by Gasteiger charge is 2.04. The Balaban J connectivity index is 2.00. The maximum atomic E-state index is 6.10. The summed E-state index contributed by atoms with van der Waals surface area (Å²) < 4.78 is 7.63. The predicted molar refractivity (Wildman–Crippen MR) is 86.8 cm³/mol. The first kappa shape index (κ1) is 15.3. The number of hydrogen-bond acceptors (Lipinski definition) is 1. The normalized spacial score (nSPS) is 10.7. The van der Waals surface area contributed by atoms with E-state index in [-0.39, 0.29) is 0 Å². The van der Waals surface area contributed by atoms with E-state index in [1.807, 2.05) is 36.4 Å². The summed E-state index contributed by atoms with van der Waals surface area (Å²) in [5.74, 6) is 0. The molecule has 0 aliphatic rings. The highest BCUT2D eigenvalue weighted by atomic mass is 79.9. The average Bonchev–Trinajstić information content (AvgIpc) is 2.38. The largest absolute Gasteiger partial charge is 0.372 e. The van der Waals surface area contributed by atoms with Gasteiger partial charge in [0.25, 0.3) is 0 Å². The van der Waals surface area contributed by atoms with Crippen molar-refractivity contribution in [3.8, 4) is 0 Å². The zero-order valence-electron chi connectivity index (χ0n) is 9.80. The Morgan fingerprint density at radius 3 is 1.63 bits per heavy atom. The number of benzene rings is 2. The third-order valence-corrected chi connectivity index (χ3v) is 4.25. The summed E-state index contributed by atoms with van der Waals surface area (Å²) in [6.07, 6.45) is 0. The molecule has 0 atom stereocenters. The summed E-state index contributed by atoms with van der Waals surface area (Å²) in [5.41, 5.74) is 1.89. The van der Waals surface area contributed by atoms with Crippen molar-refractivity contribution >= 4 is 55.1 Å². The molecule has 0 heterocycles. The minimum atomic E-state index is 0.446. The van der Waals surface area contributed by atoms with Crippen LogP contribution in [0.25, 0.3) is 0 Å². The molecule has 0 spiro atoms. The van der Waals surface area contributed by atoms with Crippen LogP contribution in [0.1, 0.15) is 11.1 Å². The van der Waals surface area contributed by atoms with E-state index in [4.69, 9.17) is 27.9 Å². The summed E-state index contributed by atoms with van der Waals surface area (Å²) in [6, 6.07) is 11.4. The Hall–Kier alpha value is -0.0600. The minimum Gasteiger partial charge on any atom is -0.372 e. The third kappa shape index (κ3) is 4.47. The highest BCUT2D eigenvalue weighted by molar-refractivity contribution is 9.10. The van der Waals surface area contributed by atoms with Gasteiger partial charge in [-0.3, -0.25) is 0 Å². The molecule has 0 aromatic heterocycles. The van der Waals surface area contributed by atoms with Gasteiger partial charge in [-0.05, 0) is 47.5 Å². The molecule has 0 aliphatic carbocycles. The van der Waals surface area contributed by atoms with Crippen molar-refractivity contribution in [3.05, 3.63) is 66.5 Å². The fourth-order valence-electron chi connectivity index (χ4n) is 1.58. The monoisotopic (exact) mass is 422 g/mol. The van der Waals surface area contributed by atoms with Crippen LogP contribution < -0.4 is 0 Å². The van der Waals surface area contributed by atoms with Crippen molar-refractivity contribution in [2.75, 3.05) is 0 Å². The van der Waals surface area contributed by atoms with Gasteiger partial charge in [-0.25, -0.2) is 0 Å². The molecule has 0 radical (unpaired) electrons. The molecule has 0 fully saturated rings. The molecule has 0 saturated carbocycles. The van der Waals surface area contributed by atoms with Crippen LogP contribution >= 0.6 is 55.1 Å². The zero-order chi connectivity index (χ0) is 13.8. The van der Waals surface area contributed by atoms with Crippen molar-refractivity contribution in [3.63, 3.8) is 0 Å². The van der Waals surface area contributed by atoms with Gasteiger partial charge in [-0.1, -0.05) is 55.1 Å². The summed E-state index contributed by atoms with van der Waals surface area (Å²) in [5, 5.41) is 1.40. The highest BCUT2D eigenvalue weighted by Crippen LogP contribution is 2.24. The van der Waals surface area contributed by atoms with Crippen LogP contribution in [0.2, 0.25) is 10.0 Å². The van der Waals surface area contributed by atoms with E-state index in [9.17, 15) is 0 Å². The lowest BCUT2D eigenvalue weighted by atomic mass is 10.2. The maximum Gasteiger partial charge on any atom is 0.0736 e. The van der Waals surface area contributed by atoms with E-state index in [0.29, 0.717) is 23.3 Å². The maximum absolute atomic E-state index is 6.10. The van der Waals surface area contributed by atoms with Crippen molar-refractivity contribution < 1.29 is 4.74 Å². The van der Waals surface area contributed by atoms with E-state index in [0.717, 1.165) is 20.1 Å². The number of rotatable bonds is 4. The van der Waals surface area contributed by atoms with Gasteiger partial charge in [0.05, 0.1) is 13.2 Å². The SMILES string of the molecule is Clc1ccc(Br)cc1COCc1cc(Br)ccc1Cl. The van der Waals surface area contributed by atoms with Crippen LogP contribution in [0.4, 0.5) is 0 Å². The predicted octanol–water partition coefficient (Wildman–Crippen LogP) is 6.24. The number of halogens is 4. The molecule has 2 rings (SSSR count). The molecule has 100 valence electrons. The van der Waals surface area contributed by atoms with Crippen LogP contribution in [-0.4, -0.2) is 0 Å². The van der Waals surface area contributed by atoms with E-state index >= 15 is 0 Å². The summed E-state index contributed by atoms with van der Waals surface area (Å²) in [4.78, 5) is 0. The van der Waals surface area contributed by atoms with Crippen LogP contribution in [-0.2, 0) is 18.0 Å². The van der Waals surface area contributed by atoms with Crippen LogP contribution in [0.5, 0.6) is 0 Å². The van der Waals surface area contributed by atoms with Crippen LogP contribution in [0.15, 0.2) is 45.3 Å². The van der Waals surface area contributed by atoms with Gasteiger partial charge in [0, 0.05) is 19.0 Å². The molecule has 0 aliphatic heterocycles. The van der Waals surface area contributed by atoms with Crippen LogP contribution in [0, 0.1) is 0 Å². The lowest BCUT2D eigenvalue weighted by Gasteiger charge is -2.08. The lowest BCUT2D eigenvalue weighted by molar-refractivity contribution is 0.107. The Labute approximate surface area is 139 Å². The molecular weight excluding hydrogens is 415 g/mol. The van der Waals surface area contributed by atoms with E-state index in [1.54, 1.807) is 0 Å². The van der Waals surface area contributed by atoms with Gasteiger partial charge in [0.15, 0.2) is 0 Å². The Morgan fingerprint density at radius 1 is 0.789 bits per heavy atom. The van der Waals surface area contributed by atoms with E-state index in [2.05, 4.69) is 31.9 Å². The smallest absolute Gasteiger partial charge is 0.0736 e. The molecule has 0 bridgehead atoms. The molecule has 5 heteroatoms. The topological polar surface area (TPSA) is 9.23 Å². The van der Waals surface area contributed by atoms with Gasteiger partial charge in [0.2, 0.25) is 0 Å². The fraction of sp³-hybridized carbons (Fsp3) is 0.143. The van der Waals surface area contributed by atoms with Gasteiger partial charge >= 0.3 is 0 Å². The van der Waals surface area contributed by atoms with Gasteiger partial charge in [0.1, 0.15) is 0 Å². The van der Waals surface area contributed by atoms with Crippen molar-refractivity contribution in [2.24, 2.45) is 0 Å². The molecule has 0 unspecified atom stereocenters. The van der Waals surface area contributed by atoms with E-state index < -0.39 is 0 Å². The summed E-state index contributed by atoms with van der Waals surface area (Å²) >= 11 is 19.0. The Kier molecular flexibility index (Phi) is 5.72. The number of hydrogen-bond donors (Lipinski definition) is 0.